The van der Waals surface area contributed by atoms with E-state index in [4.69, 9.17) is 13.9 Å². The molecule has 2 heterocycles. The molecule has 0 saturated carbocycles. The van der Waals surface area contributed by atoms with E-state index >= 15 is 0 Å². The lowest BCUT2D eigenvalue weighted by atomic mass is 9.99. The van der Waals surface area contributed by atoms with Gasteiger partial charge in [0, 0.05) is 50.7 Å². The van der Waals surface area contributed by atoms with Crippen LogP contribution >= 0.6 is 31.9 Å². The van der Waals surface area contributed by atoms with Crippen molar-refractivity contribution in [1.29, 1.82) is 0 Å². The van der Waals surface area contributed by atoms with E-state index in [1.807, 2.05) is 43.5 Å². The van der Waals surface area contributed by atoms with Gasteiger partial charge in [0.1, 0.15) is 23.0 Å². The number of aryl methyl sites for hydroxylation is 2. The van der Waals surface area contributed by atoms with Gasteiger partial charge in [-0.2, -0.15) is 0 Å². The highest BCUT2D eigenvalue weighted by molar-refractivity contribution is 9.12. The van der Waals surface area contributed by atoms with Crippen molar-refractivity contribution in [1.82, 2.24) is 10.3 Å². The molecule has 0 aliphatic heterocycles. The molecule has 2 aromatic heterocycles. The van der Waals surface area contributed by atoms with Gasteiger partial charge in [0.2, 0.25) is 0 Å². The van der Waals surface area contributed by atoms with Gasteiger partial charge in [-0.25, -0.2) is 14.4 Å². The molecule has 212 valence electrons. The van der Waals surface area contributed by atoms with Crippen molar-refractivity contribution in [2.45, 2.75) is 63.9 Å². The van der Waals surface area contributed by atoms with Crippen LogP contribution in [0.25, 0.3) is 21.9 Å². The first-order chi connectivity index (χ1) is 18.9. The summed E-state index contributed by atoms with van der Waals surface area (Å²) in [6, 6.07) is 9.98. The van der Waals surface area contributed by atoms with Gasteiger partial charge in [0.15, 0.2) is 0 Å². The molecule has 0 fully saturated rings. The highest BCUT2D eigenvalue weighted by Gasteiger charge is 2.29. The Morgan fingerprint density at radius 2 is 1.80 bits per heavy atom. The van der Waals surface area contributed by atoms with Crippen LogP contribution in [0.1, 0.15) is 43.0 Å². The number of carbonyl (C=O) groups is 2. The van der Waals surface area contributed by atoms with Crippen LogP contribution in [0.2, 0.25) is 0 Å². The maximum absolute atomic E-state index is 13.8. The smallest absolute Gasteiger partial charge is 0.408 e. The molecule has 4 aromatic rings. The number of alkyl carbamates (subject to hydrolysis) is 1. The third-order valence-corrected chi connectivity index (χ3v) is 8.68. The Morgan fingerprint density at radius 3 is 2.50 bits per heavy atom. The molecular weight excluding hydrogens is 644 g/mol. The van der Waals surface area contributed by atoms with E-state index in [1.54, 1.807) is 27.7 Å². The number of esters is 1. The Labute approximate surface area is 249 Å². The summed E-state index contributed by atoms with van der Waals surface area (Å²) in [4.78, 5) is 42.0. The van der Waals surface area contributed by atoms with Crippen LogP contribution in [0.3, 0.4) is 0 Å². The first-order valence-electron chi connectivity index (χ1n) is 12.9. The molecule has 0 aliphatic rings. The van der Waals surface area contributed by atoms with Crippen molar-refractivity contribution in [3.63, 3.8) is 0 Å². The Bertz CT molecular complexity index is 1620. The number of aromatic nitrogens is 1. The highest BCUT2D eigenvalue weighted by Crippen LogP contribution is 2.35. The SMILES string of the molecule is Cc1cc(=O)oc2c(C)c(OC(=O)C(Cc3c[nH]c4ccccc34)NC(=O)OC(C)(C)C)c(CC(Br)CBr)cc12. The number of aromatic amines is 1. The number of rotatable bonds is 8. The van der Waals surface area contributed by atoms with Crippen LogP contribution in [0.4, 0.5) is 4.79 Å². The molecule has 0 radical (unpaired) electrons. The second-order valence-corrected chi connectivity index (χ2v) is 12.7. The Hall–Kier alpha value is -3.11. The van der Waals surface area contributed by atoms with E-state index in [0.717, 1.165) is 33.0 Å². The number of fused-ring (bicyclic) bond motifs is 2. The lowest BCUT2D eigenvalue weighted by molar-refractivity contribution is -0.136. The maximum Gasteiger partial charge on any atom is 0.408 e. The minimum atomic E-state index is -1.06. The van der Waals surface area contributed by atoms with Gasteiger partial charge in [0.25, 0.3) is 0 Å². The van der Waals surface area contributed by atoms with Crippen molar-refractivity contribution in [2.75, 3.05) is 5.33 Å². The zero-order valence-electron chi connectivity index (χ0n) is 23.0. The minimum Gasteiger partial charge on any atom is -0.444 e. The standard InChI is InChI=1S/C30H32Br2N2O6/c1-16-10-25(35)38-27-17(2)26(18(12-22(16)27)11-20(32)14-31)39-28(36)24(34-29(37)40-30(3,4)5)13-19-15-33-23-9-7-6-8-21(19)23/h6-10,12,15,20,24,33H,11,13-14H2,1-5H3,(H,34,37). The van der Waals surface area contributed by atoms with Crippen LogP contribution in [0.15, 0.2) is 51.8 Å². The predicted octanol–water partition coefficient (Wildman–Crippen LogP) is 6.63. The van der Waals surface area contributed by atoms with Gasteiger partial charge in [0.05, 0.1) is 0 Å². The summed E-state index contributed by atoms with van der Waals surface area (Å²) in [6.45, 7) is 8.85. The second kappa shape index (κ2) is 12.2. The average Bonchev–Trinajstić information content (AvgIpc) is 3.28. The van der Waals surface area contributed by atoms with Crippen molar-refractivity contribution in [3.05, 3.63) is 75.3 Å². The molecule has 1 amide bonds. The van der Waals surface area contributed by atoms with Crippen molar-refractivity contribution >= 4 is 65.8 Å². The molecule has 2 aromatic carbocycles. The number of H-pyrrole nitrogens is 1. The average molecular weight is 676 g/mol. The first kappa shape index (κ1) is 29.9. The third-order valence-electron chi connectivity index (χ3n) is 6.38. The molecule has 8 nitrogen and oxygen atoms in total. The summed E-state index contributed by atoms with van der Waals surface area (Å²) in [6.07, 6.45) is 1.79. The molecule has 0 bridgehead atoms. The number of ether oxygens (including phenoxy) is 2. The highest BCUT2D eigenvalue weighted by atomic mass is 79.9. The van der Waals surface area contributed by atoms with Crippen molar-refractivity contribution < 1.29 is 23.5 Å². The number of hydrogen-bond donors (Lipinski definition) is 2. The summed E-state index contributed by atoms with van der Waals surface area (Å²) >= 11 is 7.14. The molecule has 2 atom stereocenters. The number of para-hydroxylation sites is 1. The maximum atomic E-state index is 13.8. The first-order valence-corrected chi connectivity index (χ1v) is 14.9. The number of nitrogens with one attached hydrogen (secondary N) is 2. The quantitative estimate of drug-likeness (QED) is 0.0939. The van der Waals surface area contributed by atoms with E-state index in [2.05, 4.69) is 42.2 Å². The Balaban J connectivity index is 1.75. The minimum absolute atomic E-state index is 0.0553. The van der Waals surface area contributed by atoms with E-state index in [1.165, 1.54) is 6.07 Å². The van der Waals surface area contributed by atoms with E-state index in [-0.39, 0.29) is 11.2 Å². The molecule has 2 unspecified atom stereocenters. The van der Waals surface area contributed by atoms with Crippen molar-refractivity contribution in [2.24, 2.45) is 0 Å². The molecule has 0 saturated heterocycles. The van der Waals surface area contributed by atoms with Gasteiger partial charge in [-0.05, 0) is 69.9 Å². The van der Waals surface area contributed by atoms with E-state index in [9.17, 15) is 14.4 Å². The molecular formula is C30H32Br2N2O6. The van der Waals surface area contributed by atoms with Crippen molar-refractivity contribution in [3.8, 4) is 5.75 Å². The zero-order valence-corrected chi connectivity index (χ0v) is 26.2. The number of halogens is 2. The van der Waals surface area contributed by atoms with Crippen LogP contribution < -0.4 is 15.7 Å². The van der Waals surface area contributed by atoms with Crippen LogP contribution in [0.5, 0.6) is 5.75 Å². The molecule has 0 aliphatic carbocycles. The fourth-order valence-corrected chi connectivity index (χ4v) is 5.16. The normalized spacial score (nSPS) is 13.3. The Morgan fingerprint density at radius 1 is 1.07 bits per heavy atom. The lowest BCUT2D eigenvalue weighted by Gasteiger charge is -2.24. The Kier molecular flexibility index (Phi) is 9.09. The largest absolute Gasteiger partial charge is 0.444 e. The summed E-state index contributed by atoms with van der Waals surface area (Å²) in [7, 11) is 0. The van der Waals surface area contributed by atoms with Gasteiger partial charge in [-0.3, -0.25) is 0 Å². The molecule has 4 rings (SSSR count). The van der Waals surface area contributed by atoms with Crippen LogP contribution in [-0.4, -0.2) is 38.8 Å². The summed E-state index contributed by atoms with van der Waals surface area (Å²) < 4.78 is 17.0. The van der Waals surface area contributed by atoms with E-state index < -0.39 is 29.3 Å². The lowest BCUT2D eigenvalue weighted by Crippen LogP contribution is -2.46. The second-order valence-electron chi connectivity index (χ2n) is 10.8. The third kappa shape index (κ3) is 6.96. The number of benzene rings is 2. The molecule has 2 N–H and O–H groups in total. The number of hydrogen-bond acceptors (Lipinski definition) is 6. The fourth-order valence-electron chi connectivity index (χ4n) is 4.58. The number of carbonyl (C=O) groups excluding carboxylic acids is 2. The number of alkyl halides is 2. The fraction of sp³-hybridized carbons (Fsp3) is 0.367. The van der Waals surface area contributed by atoms with Gasteiger partial charge >= 0.3 is 17.7 Å². The topological polar surface area (TPSA) is 111 Å². The summed E-state index contributed by atoms with van der Waals surface area (Å²) in [5, 5.41) is 5.08. The summed E-state index contributed by atoms with van der Waals surface area (Å²) in [5.41, 5.74) is 2.93. The van der Waals surface area contributed by atoms with Gasteiger partial charge < -0.3 is 24.2 Å². The molecule has 40 heavy (non-hydrogen) atoms. The van der Waals surface area contributed by atoms with Gasteiger partial charge in [-0.15, -0.1) is 0 Å². The zero-order chi connectivity index (χ0) is 29.2. The predicted molar refractivity (Wildman–Crippen MR) is 163 cm³/mol. The monoisotopic (exact) mass is 674 g/mol. The van der Waals surface area contributed by atoms with Gasteiger partial charge in [-0.1, -0.05) is 50.1 Å². The molecule has 10 heteroatoms. The molecule has 0 spiro atoms. The van der Waals surface area contributed by atoms with E-state index in [0.29, 0.717) is 28.6 Å². The van der Waals surface area contributed by atoms with Crippen LogP contribution in [-0.2, 0) is 22.4 Å². The number of amides is 1. The summed E-state index contributed by atoms with van der Waals surface area (Å²) in [5.74, 6) is -0.369. The van der Waals surface area contributed by atoms with Crippen LogP contribution in [0, 0.1) is 13.8 Å².